The van der Waals surface area contributed by atoms with E-state index in [-0.39, 0.29) is 29.8 Å². The zero-order chi connectivity index (χ0) is 22.0. The molecule has 6 nitrogen and oxygen atoms in total. The molecule has 1 unspecified atom stereocenters. The topological polar surface area (TPSA) is 73.2 Å². The highest BCUT2D eigenvalue weighted by Gasteiger charge is 2.36. The van der Waals surface area contributed by atoms with Gasteiger partial charge in [-0.15, -0.1) is 0 Å². The number of ketones is 1. The number of hydrogen-bond acceptors (Lipinski definition) is 4. The molecule has 6 heteroatoms. The molecule has 1 N–H and O–H groups in total. The van der Waals surface area contributed by atoms with Gasteiger partial charge in [-0.3, -0.25) is 9.59 Å². The highest BCUT2D eigenvalue weighted by Crippen LogP contribution is 2.41. The van der Waals surface area contributed by atoms with Gasteiger partial charge < -0.3 is 10.1 Å². The molecule has 1 heterocycles. The van der Waals surface area contributed by atoms with Crippen LogP contribution in [0, 0.1) is 5.41 Å². The highest BCUT2D eigenvalue weighted by molar-refractivity contribution is 5.94. The summed E-state index contributed by atoms with van der Waals surface area (Å²) in [5.41, 5.74) is 3.85. The molecule has 1 amide bonds. The van der Waals surface area contributed by atoms with Gasteiger partial charge in [0.15, 0.2) is 12.4 Å². The van der Waals surface area contributed by atoms with Crippen LogP contribution < -0.4 is 10.1 Å². The predicted molar refractivity (Wildman–Crippen MR) is 118 cm³/mol. The summed E-state index contributed by atoms with van der Waals surface area (Å²) >= 11 is 0. The lowest BCUT2D eigenvalue weighted by molar-refractivity contribution is -0.124. The van der Waals surface area contributed by atoms with E-state index in [4.69, 9.17) is 4.74 Å². The van der Waals surface area contributed by atoms with Crippen molar-refractivity contribution >= 4 is 11.7 Å². The fraction of sp³-hybridized carbons (Fsp3) is 0.320. The molecule has 1 aromatic heterocycles. The summed E-state index contributed by atoms with van der Waals surface area (Å²) in [7, 11) is 0. The largest absolute Gasteiger partial charge is 0.484 e. The van der Waals surface area contributed by atoms with Gasteiger partial charge >= 0.3 is 0 Å². The molecule has 2 aromatic carbocycles. The number of aromatic nitrogens is 2. The van der Waals surface area contributed by atoms with E-state index >= 15 is 0 Å². The van der Waals surface area contributed by atoms with Crippen LogP contribution in [0.5, 0.6) is 5.75 Å². The number of carbonyl (C=O) groups is 2. The van der Waals surface area contributed by atoms with Crippen molar-refractivity contribution in [3.05, 3.63) is 77.6 Å². The van der Waals surface area contributed by atoms with E-state index in [1.165, 1.54) is 6.92 Å². The Bertz CT molecular complexity index is 1080. The molecule has 3 aromatic rings. The SMILES string of the molecule is CC(=O)c1ccc(OCC(=O)NC2CC(C)(C)Cc3c2cnn3-c2ccccc2)cc1. The fourth-order valence-corrected chi connectivity index (χ4v) is 4.13. The summed E-state index contributed by atoms with van der Waals surface area (Å²) in [4.78, 5) is 24.0. The average molecular weight is 418 g/mol. The van der Waals surface area contributed by atoms with Gasteiger partial charge in [-0.1, -0.05) is 32.0 Å². The summed E-state index contributed by atoms with van der Waals surface area (Å²) in [6.07, 6.45) is 3.59. The second-order valence-corrected chi connectivity index (χ2v) is 8.83. The second kappa shape index (κ2) is 8.38. The van der Waals surface area contributed by atoms with Crippen LogP contribution in [0.3, 0.4) is 0 Å². The lowest BCUT2D eigenvalue weighted by Gasteiger charge is -2.36. The Hall–Kier alpha value is -3.41. The summed E-state index contributed by atoms with van der Waals surface area (Å²) in [5, 5.41) is 7.74. The Labute approximate surface area is 182 Å². The predicted octanol–water partition coefficient (Wildman–Crippen LogP) is 4.28. The second-order valence-electron chi connectivity index (χ2n) is 8.83. The number of Topliss-reactive ketones (excluding diaryl/α,β-unsaturated/α-hetero) is 1. The average Bonchev–Trinajstić information content (AvgIpc) is 3.16. The minimum absolute atomic E-state index is 0.00365. The fourth-order valence-electron chi connectivity index (χ4n) is 4.13. The number of amides is 1. The van der Waals surface area contributed by atoms with Crippen molar-refractivity contribution in [2.24, 2.45) is 5.41 Å². The zero-order valence-electron chi connectivity index (χ0n) is 18.1. The molecule has 0 fully saturated rings. The zero-order valence-corrected chi connectivity index (χ0v) is 18.1. The van der Waals surface area contributed by atoms with E-state index in [2.05, 4.69) is 24.3 Å². The van der Waals surface area contributed by atoms with E-state index in [1.807, 2.05) is 41.2 Å². The first-order valence-corrected chi connectivity index (χ1v) is 10.5. The molecule has 0 bridgehead atoms. The first-order valence-electron chi connectivity index (χ1n) is 10.5. The van der Waals surface area contributed by atoms with Crippen molar-refractivity contribution in [3.63, 3.8) is 0 Å². The maximum atomic E-state index is 12.6. The number of ether oxygens (including phenoxy) is 1. The van der Waals surface area contributed by atoms with Crippen LogP contribution in [0.25, 0.3) is 5.69 Å². The van der Waals surface area contributed by atoms with E-state index in [0.29, 0.717) is 11.3 Å². The minimum Gasteiger partial charge on any atom is -0.484 e. The number of nitrogens with zero attached hydrogens (tertiary/aromatic N) is 2. The van der Waals surface area contributed by atoms with Crippen LogP contribution in [-0.4, -0.2) is 28.1 Å². The molecule has 4 rings (SSSR count). The van der Waals surface area contributed by atoms with Crippen molar-refractivity contribution < 1.29 is 14.3 Å². The lowest BCUT2D eigenvalue weighted by atomic mass is 9.74. The summed E-state index contributed by atoms with van der Waals surface area (Å²) in [6.45, 7) is 5.86. The van der Waals surface area contributed by atoms with Gasteiger partial charge in [-0.05, 0) is 61.6 Å². The molecular formula is C25H27N3O3. The summed E-state index contributed by atoms with van der Waals surface area (Å²) < 4.78 is 7.59. The Balaban J connectivity index is 1.47. The van der Waals surface area contributed by atoms with Crippen molar-refractivity contribution in [1.29, 1.82) is 0 Å². The lowest BCUT2D eigenvalue weighted by Crippen LogP contribution is -2.38. The number of benzene rings is 2. The minimum atomic E-state index is -0.184. The van der Waals surface area contributed by atoms with Gasteiger partial charge in [-0.25, -0.2) is 4.68 Å². The van der Waals surface area contributed by atoms with E-state index in [9.17, 15) is 9.59 Å². The maximum absolute atomic E-state index is 12.6. The molecule has 31 heavy (non-hydrogen) atoms. The van der Waals surface area contributed by atoms with Crippen LogP contribution in [-0.2, 0) is 11.2 Å². The quantitative estimate of drug-likeness (QED) is 0.608. The first kappa shape index (κ1) is 20.8. The van der Waals surface area contributed by atoms with Gasteiger partial charge in [-0.2, -0.15) is 5.10 Å². The number of hydrogen-bond donors (Lipinski definition) is 1. The van der Waals surface area contributed by atoms with Crippen LogP contribution in [0.15, 0.2) is 60.8 Å². The van der Waals surface area contributed by atoms with Gasteiger partial charge in [0.1, 0.15) is 5.75 Å². The van der Waals surface area contributed by atoms with Crippen LogP contribution in [0.1, 0.15) is 54.8 Å². The molecule has 0 saturated heterocycles. The smallest absolute Gasteiger partial charge is 0.258 e. The molecule has 0 radical (unpaired) electrons. The molecule has 1 atom stereocenters. The number of rotatable bonds is 6. The Morgan fingerprint density at radius 2 is 1.84 bits per heavy atom. The van der Waals surface area contributed by atoms with E-state index in [1.54, 1.807) is 24.3 Å². The standard InChI is InChI=1S/C25H27N3O3/c1-17(29)18-9-11-20(12-10-18)31-16-24(30)27-22-13-25(2,3)14-23-21(22)15-26-28(23)19-7-5-4-6-8-19/h4-12,15,22H,13-14,16H2,1-3H3,(H,27,30). The van der Waals surface area contributed by atoms with Crippen LogP contribution in [0.2, 0.25) is 0 Å². The van der Waals surface area contributed by atoms with Gasteiger partial charge in [0.2, 0.25) is 0 Å². The van der Waals surface area contributed by atoms with Crippen molar-refractivity contribution in [2.75, 3.05) is 6.61 Å². The Morgan fingerprint density at radius 1 is 1.13 bits per heavy atom. The molecule has 0 saturated carbocycles. The number of nitrogens with one attached hydrogen (secondary N) is 1. The molecular weight excluding hydrogens is 390 g/mol. The molecule has 1 aliphatic carbocycles. The molecule has 0 aliphatic heterocycles. The third-order valence-corrected chi connectivity index (χ3v) is 5.65. The number of para-hydroxylation sites is 1. The van der Waals surface area contributed by atoms with E-state index in [0.717, 1.165) is 29.8 Å². The number of fused-ring (bicyclic) bond motifs is 1. The molecule has 160 valence electrons. The van der Waals surface area contributed by atoms with Crippen molar-refractivity contribution in [2.45, 2.75) is 39.7 Å². The van der Waals surface area contributed by atoms with Crippen molar-refractivity contribution in [3.8, 4) is 11.4 Å². The highest BCUT2D eigenvalue weighted by atomic mass is 16.5. The first-order chi connectivity index (χ1) is 14.8. The Kier molecular flexibility index (Phi) is 5.63. The van der Waals surface area contributed by atoms with Gasteiger partial charge in [0, 0.05) is 11.1 Å². The normalized spacial score (nSPS) is 16.9. The molecule has 0 spiro atoms. The monoisotopic (exact) mass is 417 g/mol. The maximum Gasteiger partial charge on any atom is 0.258 e. The van der Waals surface area contributed by atoms with Crippen molar-refractivity contribution in [1.82, 2.24) is 15.1 Å². The van der Waals surface area contributed by atoms with Crippen LogP contribution in [0.4, 0.5) is 0 Å². The molecule has 1 aliphatic rings. The Morgan fingerprint density at radius 3 is 2.52 bits per heavy atom. The summed E-state index contributed by atoms with van der Waals surface area (Å²) in [5.74, 6) is 0.370. The number of carbonyl (C=O) groups excluding carboxylic acids is 2. The third kappa shape index (κ3) is 4.68. The third-order valence-electron chi connectivity index (χ3n) is 5.65. The van der Waals surface area contributed by atoms with Gasteiger partial charge in [0.05, 0.1) is 23.6 Å². The van der Waals surface area contributed by atoms with E-state index < -0.39 is 0 Å². The van der Waals surface area contributed by atoms with Crippen LogP contribution >= 0.6 is 0 Å². The van der Waals surface area contributed by atoms with Gasteiger partial charge in [0.25, 0.3) is 5.91 Å². The summed E-state index contributed by atoms with van der Waals surface area (Å²) in [6, 6.07) is 16.7.